The van der Waals surface area contributed by atoms with Crippen LogP contribution in [0.2, 0.25) is 5.02 Å². The molecule has 30 heavy (non-hydrogen) atoms. The van der Waals surface area contributed by atoms with E-state index in [0.29, 0.717) is 41.0 Å². The summed E-state index contributed by atoms with van der Waals surface area (Å²) in [7, 11) is 4.73. The molecule has 2 aliphatic heterocycles. The second kappa shape index (κ2) is 8.16. The van der Waals surface area contributed by atoms with Crippen molar-refractivity contribution < 1.29 is 23.8 Å². The molecule has 2 aliphatic rings. The van der Waals surface area contributed by atoms with Gasteiger partial charge in [-0.05, 0) is 47.9 Å². The predicted molar refractivity (Wildman–Crippen MR) is 113 cm³/mol. The van der Waals surface area contributed by atoms with E-state index in [4.69, 9.17) is 25.8 Å². The quantitative estimate of drug-likeness (QED) is 0.679. The van der Waals surface area contributed by atoms with Gasteiger partial charge in [0.15, 0.2) is 11.5 Å². The van der Waals surface area contributed by atoms with E-state index in [2.05, 4.69) is 4.90 Å². The van der Waals surface area contributed by atoms with Gasteiger partial charge in [-0.25, -0.2) is 4.90 Å². The highest BCUT2D eigenvalue weighted by atomic mass is 35.5. The number of nitrogens with zero attached hydrogens (tertiary/aromatic N) is 2. The molecule has 0 spiro atoms. The van der Waals surface area contributed by atoms with Gasteiger partial charge in [0.2, 0.25) is 5.91 Å². The van der Waals surface area contributed by atoms with E-state index in [-0.39, 0.29) is 18.2 Å². The van der Waals surface area contributed by atoms with E-state index in [1.165, 1.54) is 17.6 Å². The lowest BCUT2D eigenvalue weighted by Crippen LogP contribution is -2.44. The van der Waals surface area contributed by atoms with Gasteiger partial charge >= 0.3 is 0 Å². The maximum absolute atomic E-state index is 13.2. The van der Waals surface area contributed by atoms with Crippen molar-refractivity contribution in [1.82, 2.24) is 4.90 Å². The maximum Gasteiger partial charge on any atom is 0.251 e. The van der Waals surface area contributed by atoms with Gasteiger partial charge in [0.25, 0.3) is 5.91 Å². The number of carbonyl (C=O) groups is 2. The van der Waals surface area contributed by atoms with Crippen molar-refractivity contribution >= 4 is 29.1 Å². The fraction of sp³-hybridized carbons (Fsp3) is 0.364. The number of hydrogen-bond donors (Lipinski definition) is 0. The number of imide groups is 1. The number of amides is 2. The van der Waals surface area contributed by atoms with E-state index in [1.807, 2.05) is 12.1 Å². The number of halogens is 1. The Morgan fingerprint density at radius 3 is 2.23 bits per heavy atom. The summed E-state index contributed by atoms with van der Waals surface area (Å²) < 4.78 is 15.9. The van der Waals surface area contributed by atoms with Crippen LogP contribution < -0.4 is 19.1 Å². The highest BCUT2D eigenvalue weighted by Crippen LogP contribution is 2.36. The van der Waals surface area contributed by atoms with Crippen LogP contribution in [0.4, 0.5) is 5.69 Å². The molecule has 0 aromatic heterocycles. The van der Waals surface area contributed by atoms with E-state index < -0.39 is 6.04 Å². The van der Waals surface area contributed by atoms with Crippen LogP contribution in [0.25, 0.3) is 0 Å². The average molecular weight is 431 g/mol. The first-order valence-corrected chi connectivity index (χ1v) is 10.0. The van der Waals surface area contributed by atoms with Crippen LogP contribution in [0.15, 0.2) is 30.3 Å². The Morgan fingerprint density at radius 2 is 1.60 bits per heavy atom. The number of benzene rings is 2. The number of carbonyl (C=O) groups excluding carboxylic acids is 2. The number of ether oxygens (including phenoxy) is 3. The minimum absolute atomic E-state index is 0.144. The Balaban J connectivity index is 1.57. The summed E-state index contributed by atoms with van der Waals surface area (Å²) in [5.41, 5.74) is 2.70. The minimum Gasteiger partial charge on any atom is -0.495 e. The van der Waals surface area contributed by atoms with Gasteiger partial charge in [-0.15, -0.1) is 0 Å². The minimum atomic E-state index is -0.500. The third-order valence-electron chi connectivity index (χ3n) is 5.70. The molecule has 2 amide bonds. The smallest absolute Gasteiger partial charge is 0.251 e. The van der Waals surface area contributed by atoms with Crippen LogP contribution in [-0.4, -0.2) is 50.6 Å². The second-order valence-corrected chi connectivity index (χ2v) is 7.71. The molecular weight excluding hydrogens is 408 g/mol. The Hall–Kier alpha value is -2.77. The molecule has 7 nitrogen and oxygen atoms in total. The summed E-state index contributed by atoms with van der Waals surface area (Å²) in [4.78, 5) is 29.1. The van der Waals surface area contributed by atoms with Gasteiger partial charge in [0.05, 0.1) is 44.5 Å². The van der Waals surface area contributed by atoms with Gasteiger partial charge in [-0.3, -0.25) is 14.5 Å². The van der Waals surface area contributed by atoms with Crippen molar-refractivity contribution in [2.45, 2.75) is 25.4 Å². The summed E-state index contributed by atoms with van der Waals surface area (Å²) >= 11 is 6.19. The fourth-order valence-corrected chi connectivity index (χ4v) is 4.39. The van der Waals surface area contributed by atoms with E-state index in [9.17, 15) is 9.59 Å². The molecule has 1 fully saturated rings. The lowest BCUT2D eigenvalue weighted by molar-refractivity contribution is -0.123. The Morgan fingerprint density at radius 1 is 0.933 bits per heavy atom. The van der Waals surface area contributed by atoms with E-state index in [1.54, 1.807) is 32.4 Å². The van der Waals surface area contributed by atoms with Gasteiger partial charge < -0.3 is 14.2 Å². The molecule has 0 aliphatic carbocycles. The monoisotopic (exact) mass is 430 g/mol. The third-order valence-corrected chi connectivity index (χ3v) is 6.00. The SMILES string of the molecule is COc1ccc(N2C(=O)CC(N3CCc4cc(OC)c(OC)cc4C3)C2=O)cc1Cl. The molecule has 1 saturated heterocycles. The van der Waals surface area contributed by atoms with Crippen molar-refractivity contribution in [2.24, 2.45) is 0 Å². The summed E-state index contributed by atoms with van der Waals surface area (Å²) in [6.45, 7) is 1.25. The molecule has 2 aromatic rings. The fourth-order valence-electron chi connectivity index (χ4n) is 4.14. The molecule has 2 aromatic carbocycles. The molecule has 158 valence electrons. The molecular formula is C22H23ClN2O5. The van der Waals surface area contributed by atoms with Crippen LogP contribution in [0.5, 0.6) is 17.2 Å². The molecule has 2 heterocycles. The molecule has 1 unspecified atom stereocenters. The Kier molecular flexibility index (Phi) is 5.58. The van der Waals surface area contributed by atoms with Crippen LogP contribution in [0.1, 0.15) is 17.5 Å². The third kappa shape index (κ3) is 3.48. The largest absolute Gasteiger partial charge is 0.495 e. The Labute approximate surface area is 180 Å². The van der Waals surface area contributed by atoms with Crippen LogP contribution in [0.3, 0.4) is 0 Å². The first kappa shape index (κ1) is 20.5. The average Bonchev–Trinajstić information content (AvgIpc) is 3.06. The van der Waals surface area contributed by atoms with Crippen LogP contribution >= 0.6 is 11.6 Å². The number of anilines is 1. The predicted octanol–water partition coefficient (Wildman–Crippen LogP) is 3.06. The molecule has 0 bridgehead atoms. The number of hydrogen-bond acceptors (Lipinski definition) is 6. The maximum atomic E-state index is 13.2. The summed E-state index contributed by atoms with van der Waals surface area (Å²) in [6, 6.07) is 8.34. The number of fused-ring (bicyclic) bond motifs is 1. The molecule has 0 radical (unpaired) electrons. The summed E-state index contributed by atoms with van der Waals surface area (Å²) in [5, 5.41) is 0.354. The normalized spacial score (nSPS) is 19.1. The van der Waals surface area contributed by atoms with Gasteiger partial charge in [0.1, 0.15) is 5.75 Å². The highest BCUT2D eigenvalue weighted by Gasteiger charge is 2.43. The van der Waals surface area contributed by atoms with Crippen molar-refractivity contribution in [1.29, 1.82) is 0 Å². The van der Waals surface area contributed by atoms with Crippen LogP contribution in [-0.2, 0) is 22.6 Å². The Bertz CT molecular complexity index is 1010. The number of rotatable bonds is 5. The molecule has 8 heteroatoms. The van der Waals surface area contributed by atoms with Gasteiger partial charge in [-0.1, -0.05) is 11.6 Å². The van der Waals surface area contributed by atoms with Crippen LogP contribution in [0, 0.1) is 0 Å². The zero-order chi connectivity index (χ0) is 21.4. The van der Waals surface area contributed by atoms with Crippen molar-refractivity contribution in [3.8, 4) is 17.2 Å². The molecule has 0 saturated carbocycles. The molecule has 1 atom stereocenters. The second-order valence-electron chi connectivity index (χ2n) is 7.30. The zero-order valence-electron chi connectivity index (χ0n) is 17.1. The lowest BCUT2D eigenvalue weighted by Gasteiger charge is -2.32. The first-order valence-electron chi connectivity index (χ1n) is 9.65. The van der Waals surface area contributed by atoms with Crippen molar-refractivity contribution in [3.63, 3.8) is 0 Å². The first-order chi connectivity index (χ1) is 14.5. The molecule has 0 N–H and O–H groups in total. The van der Waals surface area contributed by atoms with E-state index in [0.717, 1.165) is 12.0 Å². The van der Waals surface area contributed by atoms with Crippen molar-refractivity contribution in [2.75, 3.05) is 32.8 Å². The molecule has 4 rings (SSSR count). The van der Waals surface area contributed by atoms with Gasteiger partial charge in [0, 0.05) is 13.1 Å². The lowest BCUT2D eigenvalue weighted by atomic mass is 9.97. The zero-order valence-corrected chi connectivity index (χ0v) is 17.9. The van der Waals surface area contributed by atoms with E-state index >= 15 is 0 Å². The van der Waals surface area contributed by atoms with Crippen molar-refractivity contribution in [3.05, 3.63) is 46.5 Å². The summed E-state index contributed by atoms with van der Waals surface area (Å²) in [5.74, 6) is 1.38. The standard InChI is InChI=1S/C22H23ClN2O5/c1-28-18-5-4-15(10-16(18)23)25-21(26)11-17(22(25)27)24-7-6-13-8-19(29-2)20(30-3)9-14(13)12-24/h4-5,8-10,17H,6-7,11-12H2,1-3H3. The topological polar surface area (TPSA) is 68.3 Å². The number of methoxy groups -OCH3 is 3. The van der Waals surface area contributed by atoms with Gasteiger partial charge in [-0.2, -0.15) is 0 Å². The summed E-state index contributed by atoms with van der Waals surface area (Å²) in [6.07, 6.45) is 0.910. The highest BCUT2D eigenvalue weighted by molar-refractivity contribution is 6.33.